The van der Waals surface area contributed by atoms with Gasteiger partial charge >= 0.3 is 0 Å². The number of aromatic nitrogens is 2. The van der Waals surface area contributed by atoms with Crippen LogP contribution in [0, 0.1) is 0 Å². The zero-order valence-corrected chi connectivity index (χ0v) is 10.1. The van der Waals surface area contributed by atoms with Gasteiger partial charge in [0.25, 0.3) is 5.88 Å². The first-order valence-electron chi connectivity index (χ1n) is 4.66. The van der Waals surface area contributed by atoms with Gasteiger partial charge in [-0.3, -0.25) is 9.69 Å². The molecule has 1 amide bonds. The second-order valence-corrected chi connectivity index (χ2v) is 4.20. The van der Waals surface area contributed by atoms with Crippen molar-refractivity contribution in [2.45, 2.75) is 12.5 Å². The van der Waals surface area contributed by atoms with Gasteiger partial charge in [0, 0.05) is 0 Å². The van der Waals surface area contributed by atoms with Crippen molar-refractivity contribution in [3.63, 3.8) is 0 Å². The Morgan fingerprint density at radius 3 is 3.00 bits per heavy atom. The van der Waals surface area contributed by atoms with Gasteiger partial charge in [-0.1, -0.05) is 0 Å². The summed E-state index contributed by atoms with van der Waals surface area (Å²) in [5.41, 5.74) is 0. The third-order valence-electron chi connectivity index (χ3n) is 2.25. The van der Waals surface area contributed by atoms with E-state index in [-0.39, 0.29) is 24.8 Å². The summed E-state index contributed by atoms with van der Waals surface area (Å²) in [6.07, 6.45) is 0.944. The molecule has 1 aromatic heterocycles. The number of nitrogens with zero attached hydrogens (tertiary/aromatic N) is 3. The Balaban J connectivity index is 2.36. The molecule has 1 N–H and O–H groups in total. The van der Waals surface area contributed by atoms with E-state index < -0.39 is 6.10 Å². The van der Waals surface area contributed by atoms with Crippen LogP contribution in [0.15, 0.2) is 10.8 Å². The lowest BCUT2D eigenvalue weighted by molar-refractivity contribution is -0.117. The molecule has 0 radical (unpaired) electrons. The number of β-amino-alcohol motifs (C(OH)–C–C–N with tert-alkyl or cyclic N) is 1. The topological polar surface area (TPSA) is 75.6 Å². The first-order valence-corrected chi connectivity index (χ1v) is 5.46. The second kappa shape index (κ2) is 4.34. The molecule has 2 rings (SSSR count). The van der Waals surface area contributed by atoms with Crippen molar-refractivity contribution in [1.29, 1.82) is 0 Å². The van der Waals surface area contributed by atoms with Crippen LogP contribution in [0.1, 0.15) is 6.42 Å². The van der Waals surface area contributed by atoms with Gasteiger partial charge in [-0.25, -0.2) is 9.97 Å². The van der Waals surface area contributed by atoms with Crippen LogP contribution < -0.4 is 9.64 Å². The van der Waals surface area contributed by atoms with E-state index in [4.69, 9.17) is 4.74 Å². The Labute approximate surface area is 100 Å². The van der Waals surface area contributed by atoms with Crippen molar-refractivity contribution in [1.82, 2.24) is 9.97 Å². The van der Waals surface area contributed by atoms with Gasteiger partial charge in [0.05, 0.1) is 32.4 Å². The highest BCUT2D eigenvalue weighted by Gasteiger charge is 2.32. The Morgan fingerprint density at radius 2 is 2.44 bits per heavy atom. The molecule has 7 heteroatoms. The summed E-state index contributed by atoms with van der Waals surface area (Å²) in [7, 11) is 1.46. The molecule has 16 heavy (non-hydrogen) atoms. The maximum absolute atomic E-state index is 11.6. The molecular formula is C9H10BrN3O3. The number of hydrogen-bond donors (Lipinski definition) is 1. The SMILES string of the molecule is COc1nc(Br)cnc1N1CC(O)CC1=O. The number of halogens is 1. The molecule has 6 nitrogen and oxygen atoms in total. The fraction of sp³-hybridized carbons (Fsp3) is 0.444. The summed E-state index contributed by atoms with van der Waals surface area (Å²) in [4.78, 5) is 21.1. The average Bonchev–Trinajstić information content (AvgIpc) is 2.57. The fourth-order valence-electron chi connectivity index (χ4n) is 1.56. The van der Waals surface area contributed by atoms with Crippen molar-refractivity contribution >= 4 is 27.7 Å². The lowest BCUT2D eigenvalue weighted by Gasteiger charge is -2.16. The molecule has 1 aliphatic rings. The summed E-state index contributed by atoms with van der Waals surface area (Å²) in [6, 6.07) is 0. The lowest BCUT2D eigenvalue weighted by atomic mass is 10.3. The van der Waals surface area contributed by atoms with Crippen molar-refractivity contribution in [3.05, 3.63) is 10.8 Å². The highest BCUT2D eigenvalue weighted by Crippen LogP contribution is 2.28. The Hall–Kier alpha value is -1.21. The molecule has 2 heterocycles. The minimum absolute atomic E-state index is 0.112. The number of carbonyl (C=O) groups excluding carboxylic acids is 1. The second-order valence-electron chi connectivity index (χ2n) is 3.39. The molecule has 0 spiro atoms. The van der Waals surface area contributed by atoms with E-state index >= 15 is 0 Å². The lowest BCUT2D eigenvalue weighted by Crippen LogP contribution is -2.27. The highest BCUT2D eigenvalue weighted by molar-refractivity contribution is 9.10. The number of hydrogen-bond acceptors (Lipinski definition) is 5. The van der Waals surface area contributed by atoms with E-state index in [9.17, 15) is 9.90 Å². The van der Waals surface area contributed by atoms with E-state index in [1.807, 2.05) is 0 Å². The molecular weight excluding hydrogens is 278 g/mol. The smallest absolute Gasteiger partial charge is 0.258 e. The number of amides is 1. The Morgan fingerprint density at radius 1 is 1.69 bits per heavy atom. The predicted octanol–water partition coefficient (Wildman–Crippen LogP) is 0.345. The quantitative estimate of drug-likeness (QED) is 0.849. The number of anilines is 1. The molecule has 1 aromatic rings. The molecule has 1 aliphatic heterocycles. The van der Waals surface area contributed by atoms with Crippen molar-refractivity contribution in [2.24, 2.45) is 0 Å². The van der Waals surface area contributed by atoms with Crippen molar-refractivity contribution < 1.29 is 14.6 Å². The van der Waals surface area contributed by atoms with Gasteiger partial charge in [-0.2, -0.15) is 0 Å². The molecule has 1 saturated heterocycles. The maximum atomic E-state index is 11.6. The van der Waals surface area contributed by atoms with Crippen LogP contribution >= 0.6 is 15.9 Å². The molecule has 0 saturated carbocycles. The van der Waals surface area contributed by atoms with Gasteiger partial charge in [0.15, 0.2) is 5.82 Å². The molecule has 0 aliphatic carbocycles. The number of ether oxygens (including phenoxy) is 1. The molecule has 1 atom stereocenters. The standard InChI is InChI=1S/C9H10BrN3O3/c1-16-9-8(11-3-6(10)12-9)13-4-5(14)2-7(13)15/h3,5,14H,2,4H2,1H3. The number of carbonyl (C=O) groups is 1. The van der Waals surface area contributed by atoms with Crippen LogP contribution in [0.25, 0.3) is 0 Å². The third kappa shape index (κ3) is 2.00. The number of methoxy groups -OCH3 is 1. The van der Waals surface area contributed by atoms with Crippen molar-refractivity contribution in [2.75, 3.05) is 18.6 Å². The van der Waals surface area contributed by atoms with Crippen LogP contribution in [0.3, 0.4) is 0 Å². The summed E-state index contributed by atoms with van der Waals surface area (Å²) in [5.74, 6) is 0.423. The van der Waals surface area contributed by atoms with E-state index in [0.717, 1.165) is 0 Å². The zero-order chi connectivity index (χ0) is 11.7. The van der Waals surface area contributed by atoms with Gasteiger partial charge in [-0.15, -0.1) is 0 Å². The number of aliphatic hydroxyl groups is 1. The highest BCUT2D eigenvalue weighted by atomic mass is 79.9. The monoisotopic (exact) mass is 287 g/mol. The Bertz CT molecular complexity index is 426. The van der Waals surface area contributed by atoms with Crippen molar-refractivity contribution in [3.8, 4) is 5.88 Å². The summed E-state index contributed by atoms with van der Waals surface area (Å²) >= 11 is 3.17. The van der Waals surface area contributed by atoms with Gasteiger partial charge in [0.1, 0.15) is 4.60 Å². The molecule has 1 fully saturated rings. The normalized spacial score (nSPS) is 20.3. The fourth-order valence-corrected chi connectivity index (χ4v) is 1.82. The van der Waals surface area contributed by atoms with Crippen LogP contribution in [0.4, 0.5) is 5.82 Å². The molecule has 86 valence electrons. The Kier molecular flexibility index (Phi) is 3.06. The largest absolute Gasteiger partial charge is 0.478 e. The van der Waals surface area contributed by atoms with Crippen LogP contribution in [-0.2, 0) is 4.79 Å². The minimum atomic E-state index is -0.650. The number of aliphatic hydroxyl groups excluding tert-OH is 1. The zero-order valence-electron chi connectivity index (χ0n) is 8.55. The molecule has 1 unspecified atom stereocenters. The van der Waals surface area contributed by atoms with E-state index in [0.29, 0.717) is 10.4 Å². The summed E-state index contributed by atoms with van der Waals surface area (Å²) < 4.78 is 5.57. The molecule has 0 aromatic carbocycles. The van der Waals surface area contributed by atoms with Gasteiger partial charge in [-0.05, 0) is 15.9 Å². The molecule has 0 bridgehead atoms. The van der Waals surface area contributed by atoms with E-state index in [1.54, 1.807) is 0 Å². The maximum Gasteiger partial charge on any atom is 0.258 e. The first-order chi connectivity index (χ1) is 7.61. The van der Waals surface area contributed by atoms with Crippen LogP contribution in [0.2, 0.25) is 0 Å². The van der Waals surface area contributed by atoms with Gasteiger partial charge < -0.3 is 9.84 Å². The first kappa shape index (κ1) is 11.3. The van der Waals surface area contributed by atoms with E-state index in [1.165, 1.54) is 18.2 Å². The van der Waals surface area contributed by atoms with Crippen LogP contribution in [0.5, 0.6) is 5.88 Å². The average molecular weight is 288 g/mol. The van der Waals surface area contributed by atoms with Gasteiger partial charge in [0.2, 0.25) is 5.91 Å². The van der Waals surface area contributed by atoms with Crippen LogP contribution in [-0.4, -0.2) is 40.7 Å². The minimum Gasteiger partial charge on any atom is -0.478 e. The predicted molar refractivity (Wildman–Crippen MR) is 59.3 cm³/mol. The summed E-state index contributed by atoms with van der Waals surface area (Å²) in [5, 5.41) is 9.39. The van der Waals surface area contributed by atoms with E-state index in [2.05, 4.69) is 25.9 Å². The third-order valence-corrected chi connectivity index (χ3v) is 2.63. The number of rotatable bonds is 2. The summed E-state index contributed by atoms with van der Waals surface area (Å²) in [6.45, 7) is 0.228.